The van der Waals surface area contributed by atoms with Gasteiger partial charge in [-0.1, -0.05) is 47.1 Å². The summed E-state index contributed by atoms with van der Waals surface area (Å²) in [4.78, 5) is 12.3. The van der Waals surface area contributed by atoms with Crippen LogP contribution in [0.3, 0.4) is 0 Å². The monoisotopic (exact) mass is 323 g/mol. The second kappa shape index (κ2) is 6.56. The van der Waals surface area contributed by atoms with Crippen molar-refractivity contribution in [3.05, 3.63) is 35.4 Å². The Morgan fingerprint density at radius 2 is 2.05 bits per heavy atom. The molecule has 1 amide bonds. The number of carbonyl (C=O) groups excluding carboxylic acids is 1. The standard InChI is InChI=1S/C16H22BrNO/c1-11(10-17)12(2)18-16(19)15-8-7-13-5-3-4-6-14(13)9-15/h3-6,11-12,15H,7-10H2,1-2H3,(H,18,19). The maximum Gasteiger partial charge on any atom is 0.223 e. The first-order valence-electron chi connectivity index (χ1n) is 7.05. The molecule has 0 aliphatic heterocycles. The van der Waals surface area contributed by atoms with Gasteiger partial charge in [-0.3, -0.25) is 4.79 Å². The second-order valence-corrected chi connectivity index (χ2v) is 6.28. The summed E-state index contributed by atoms with van der Waals surface area (Å²) >= 11 is 3.47. The van der Waals surface area contributed by atoms with Crippen molar-refractivity contribution in [3.63, 3.8) is 0 Å². The van der Waals surface area contributed by atoms with Crippen LogP contribution in [-0.4, -0.2) is 17.3 Å². The van der Waals surface area contributed by atoms with Crippen LogP contribution in [0.2, 0.25) is 0 Å². The molecule has 1 N–H and O–H groups in total. The van der Waals surface area contributed by atoms with E-state index in [0.29, 0.717) is 5.92 Å². The number of carbonyl (C=O) groups is 1. The first-order valence-corrected chi connectivity index (χ1v) is 8.17. The van der Waals surface area contributed by atoms with E-state index in [9.17, 15) is 4.79 Å². The van der Waals surface area contributed by atoms with Gasteiger partial charge in [-0.05, 0) is 43.2 Å². The minimum Gasteiger partial charge on any atom is -0.353 e. The lowest BCUT2D eigenvalue weighted by Crippen LogP contribution is -2.42. The Morgan fingerprint density at radius 3 is 2.74 bits per heavy atom. The van der Waals surface area contributed by atoms with Crippen LogP contribution in [0.1, 0.15) is 31.4 Å². The molecule has 0 aromatic heterocycles. The molecule has 2 nitrogen and oxygen atoms in total. The number of hydrogen-bond acceptors (Lipinski definition) is 1. The summed E-state index contributed by atoms with van der Waals surface area (Å²) < 4.78 is 0. The summed E-state index contributed by atoms with van der Waals surface area (Å²) in [6.07, 6.45) is 2.88. The smallest absolute Gasteiger partial charge is 0.223 e. The summed E-state index contributed by atoms with van der Waals surface area (Å²) in [5, 5.41) is 4.08. The van der Waals surface area contributed by atoms with Crippen molar-refractivity contribution in [2.24, 2.45) is 11.8 Å². The summed E-state index contributed by atoms with van der Waals surface area (Å²) in [5.41, 5.74) is 2.75. The zero-order valence-electron chi connectivity index (χ0n) is 11.7. The van der Waals surface area contributed by atoms with E-state index in [4.69, 9.17) is 0 Å². The third-order valence-electron chi connectivity index (χ3n) is 4.18. The lowest BCUT2D eigenvalue weighted by molar-refractivity contribution is -0.126. The van der Waals surface area contributed by atoms with Crippen LogP contribution < -0.4 is 5.32 Å². The molecule has 3 unspecified atom stereocenters. The number of alkyl halides is 1. The van der Waals surface area contributed by atoms with Gasteiger partial charge in [0.05, 0.1) is 0 Å². The lowest BCUT2D eigenvalue weighted by atomic mass is 9.83. The Morgan fingerprint density at radius 1 is 1.37 bits per heavy atom. The van der Waals surface area contributed by atoms with Crippen molar-refractivity contribution in [2.75, 3.05) is 5.33 Å². The van der Waals surface area contributed by atoms with Gasteiger partial charge < -0.3 is 5.32 Å². The Labute approximate surface area is 124 Å². The number of rotatable bonds is 4. The van der Waals surface area contributed by atoms with E-state index in [1.54, 1.807) is 0 Å². The molecular formula is C16H22BrNO. The molecule has 0 saturated heterocycles. The largest absolute Gasteiger partial charge is 0.353 e. The van der Waals surface area contributed by atoms with E-state index in [2.05, 4.69) is 59.4 Å². The Kier molecular flexibility index (Phi) is 5.03. The van der Waals surface area contributed by atoms with E-state index in [-0.39, 0.29) is 17.9 Å². The van der Waals surface area contributed by atoms with Crippen molar-refractivity contribution < 1.29 is 4.79 Å². The highest BCUT2D eigenvalue weighted by Crippen LogP contribution is 2.25. The van der Waals surface area contributed by atoms with Crippen LogP contribution in [0, 0.1) is 11.8 Å². The molecule has 1 aromatic carbocycles. The normalized spacial score (nSPS) is 21.3. The topological polar surface area (TPSA) is 29.1 Å². The third kappa shape index (κ3) is 3.59. The molecule has 19 heavy (non-hydrogen) atoms. The molecule has 1 aliphatic carbocycles. The minimum absolute atomic E-state index is 0.139. The summed E-state index contributed by atoms with van der Waals surface area (Å²) in [7, 11) is 0. The van der Waals surface area contributed by atoms with Gasteiger partial charge in [0.15, 0.2) is 0 Å². The number of hydrogen-bond donors (Lipinski definition) is 1. The predicted octanol–water partition coefficient (Wildman–Crippen LogP) is 3.33. The van der Waals surface area contributed by atoms with E-state index in [1.807, 2.05) is 0 Å². The van der Waals surface area contributed by atoms with Crippen molar-refractivity contribution in [3.8, 4) is 0 Å². The first-order chi connectivity index (χ1) is 9.11. The number of aryl methyl sites for hydroxylation is 1. The number of amides is 1. The molecule has 104 valence electrons. The van der Waals surface area contributed by atoms with Gasteiger partial charge in [0, 0.05) is 17.3 Å². The molecule has 3 heteroatoms. The van der Waals surface area contributed by atoms with Gasteiger partial charge in [-0.25, -0.2) is 0 Å². The van der Waals surface area contributed by atoms with Crippen LogP contribution in [-0.2, 0) is 17.6 Å². The Balaban J connectivity index is 1.95. The van der Waals surface area contributed by atoms with Crippen molar-refractivity contribution in [2.45, 2.75) is 39.2 Å². The molecule has 1 aliphatic rings. The molecular weight excluding hydrogens is 302 g/mol. The van der Waals surface area contributed by atoms with Crippen LogP contribution in [0.25, 0.3) is 0 Å². The van der Waals surface area contributed by atoms with Gasteiger partial charge in [0.2, 0.25) is 5.91 Å². The highest BCUT2D eigenvalue weighted by Gasteiger charge is 2.26. The fourth-order valence-electron chi connectivity index (χ4n) is 2.54. The van der Waals surface area contributed by atoms with Crippen LogP contribution in [0.5, 0.6) is 0 Å². The van der Waals surface area contributed by atoms with Crippen LogP contribution in [0.4, 0.5) is 0 Å². The van der Waals surface area contributed by atoms with E-state index in [1.165, 1.54) is 11.1 Å². The van der Waals surface area contributed by atoms with Gasteiger partial charge in [0.25, 0.3) is 0 Å². The van der Waals surface area contributed by atoms with E-state index < -0.39 is 0 Å². The summed E-state index contributed by atoms with van der Waals surface area (Å²) in [6, 6.07) is 8.70. The molecule has 1 aromatic rings. The van der Waals surface area contributed by atoms with Crippen molar-refractivity contribution in [1.82, 2.24) is 5.32 Å². The average Bonchev–Trinajstić information content (AvgIpc) is 2.45. The molecule has 0 bridgehead atoms. The van der Waals surface area contributed by atoms with Gasteiger partial charge in [-0.15, -0.1) is 0 Å². The third-order valence-corrected chi connectivity index (χ3v) is 5.21. The summed E-state index contributed by atoms with van der Waals surface area (Å²) in [5.74, 6) is 0.814. The van der Waals surface area contributed by atoms with E-state index in [0.717, 1.165) is 24.6 Å². The SMILES string of the molecule is CC(CBr)C(C)NC(=O)C1CCc2ccccc2C1. The fraction of sp³-hybridized carbons (Fsp3) is 0.562. The molecule has 3 atom stereocenters. The number of benzene rings is 1. The predicted molar refractivity (Wildman–Crippen MR) is 82.5 cm³/mol. The molecule has 0 saturated carbocycles. The van der Waals surface area contributed by atoms with Gasteiger partial charge >= 0.3 is 0 Å². The Bertz CT molecular complexity index is 446. The fourth-order valence-corrected chi connectivity index (χ4v) is 3.10. The van der Waals surface area contributed by atoms with Crippen molar-refractivity contribution in [1.29, 1.82) is 0 Å². The molecule has 0 radical (unpaired) electrons. The van der Waals surface area contributed by atoms with Crippen LogP contribution in [0.15, 0.2) is 24.3 Å². The van der Waals surface area contributed by atoms with Gasteiger partial charge in [-0.2, -0.15) is 0 Å². The van der Waals surface area contributed by atoms with Crippen molar-refractivity contribution >= 4 is 21.8 Å². The van der Waals surface area contributed by atoms with Gasteiger partial charge in [0.1, 0.15) is 0 Å². The zero-order valence-corrected chi connectivity index (χ0v) is 13.2. The summed E-state index contributed by atoms with van der Waals surface area (Å²) in [6.45, 7) is 4.23. The quantitative estimate of drug-likeness (QED) is 0.846. The highest BCUT2D eigenvalue weighted by atomic mass is 79.9. The lowest BCUT2D eigenvalue weighted by Gasteiger charge is -2.27. The molecule has 0 spiro atoms. The number of nitrogens with one attached hydrogen (secondary N) is 1. The number of halogens is 1. The maximum absolute atomic E-state index is 12.3. The second-order valence-electron chi connectivity index (χ2n) is 5.64. The molecule has 0 heterocycles. The average molecular weight is 324 g/mol. The van der Waals surface area contributed by atoms with Crippen LogP contribution >= 0.6 is 15.9 Å². The molecule has 0 fully saturated rings. The van der Waals surface area contributed by atoms with E-state index >= 15 is 0 Å². The number of fused-ring (bicyclic) bond motifs is 1. The molecule has 2 rings (SSSR count). The first kappa shape index (κ1) is 14.6. The highest BCUT2D eigenvalue weighted by molar-refractivity contribution is 9.09. The zero-order chi connectivity index (χ0) is 13.8. The minimum atomic E-state index is 0.139. The Hall–Kier alpha value is -0.830. The maximum atomic E-state index is 12.3.